The molecule has 0 saturated carbocycles. The van der Waals surface area contributed by atoms with E-state index >= 15 is 0 Å². The normalized spacial score (nSPS) is 10.6. The Morgan fingerprint density at radius 3 is 2.37 bits per heavy atom. The second-order valence-electron chi connectivity index (χ2n) is 4.61. The summed E-state index contributed by atoms with van der Waals surface area (Å²) in [5.74, 6) is -2.00. The van der Waals surface area contributed by atoms with Crippen molar-refractivity contribution in [2.24, 2.45) is 0 Å². The van der Waals surface area contributed by atoms with Crippen LogP contribution in [0.3, 0.4) is 0 Å². The molecule has 0 atom stereocenters. The van der Waals surface area contributed by atoms with Gasteiger partial charge < -0.3 is 9.80 Å². The maximum absolute atomic E-state index is 13.9. The lowest BCUT2D eigenvalue weighted by Crippen LogP contribution is -2.28. The summed E-state index contributed by atoms with van der Waals surface area (Å²) in [6.45, 7) is 4.02. The molecule has 5 heteroatoms. The Morgan fingerprint density at radius 2 is 1.84 bits per heavy atom. The summed E-state index contributed by atoms with van der Waals surface area (Å²) in [4.78, 5) is 3.83. The number of nitrogens with zero attached hydrogens (tertiary/aromatic N) is 3. The van der Waals surface area contributed by atoms with E-state index in [1.165, 1.54) is 12.1 Å². The van der Waals surface area contributed by atoms with Gasteiger partial charge in [0, 0.05) is 13.1 Å². The molecule has 0 fully saturated rings. The second-order valence-corrected chi connectivity index (χ2v) is 4.61. The molecule has 0 bridgehead atoms. The van der Waals surface area contributed by atoms with Gasteiger partial charge in [-0.15, -0.1) is 0 Å². The van der Waals surface area contributed by atoms with Crippen molar-refractivity contribution >= 4 is 5.69 Å². The van der Waals surface area contributed by atoms with Gasteiger partial charge in [-0.05, 0) is 46.1 Å². The maximum Gasteiger partial charge on any atom is 0.183 e. The molecule has 0 spiro atoms. The molecule has 3 nitrogen and oxygen atoms in total. The first kappa shape index (κ1) is 15.4. The monoisotopic (exact) mass is 267 g/mol. The van der Waals surface area contributed by atoms with E-state index in [2.05, 4.69) is 0 Å². The number of anilines is 1. The lowest BCUT2D eigenvalue weighted by Gasteiger charge is -2.24. The fraction of sp³-hybridized carbons (Fsp3) is 0.500. The fourth-order valence-corrected chi connectivity index (χ4v) is 1.90. The molecule has 0 aliphatic rings. The maximum atomic E-state index is 13.9. The highest BCUT2D eigenvalue weighted by Crippen LogP contribution is 2.24. The quantitative estimate of drug-likeness (QED) is 0.793. The minimum Gasteiger partial charge on any atom is -0.369 e. The highest BCUT2D eigenvalue weighted by Gasteiger charge is 2.17. The average Bonchev–Trinajstić information content (AvgIpc) is 2.38. The first-order valence-electron chi connectivity index (χ1n) is 6.29. The number of benzene rings is 1. The van der Waals surface area contributed by atoms with E-state index < -0.39 is 11.6 Å². The molecule has 0 aliphatic carbocycles. The van der Waals surface area contributed by atoms with Gasteiger partial charge in [-0.25, -0.2) is 8.78 Å². The molecule has 0 heterocycles. The molecular formula is C14H19F2N3. The Morgan fingerprint density at radius 1 is 1.16 bits per heavy atom. The third kappa shape index (κ3) is 3.90. The van der Waals surface area contributed by atoms with Gasteiger partial charge in [-0.3, -0.25) is 0 Å². The molecule has 1 aromatic rings. The molecule has 0 aliphatic heterocycles. The Bertz CT molecular complexity index is 466. The van der Waals surface area contributed by atoms with Crippen molar-refractivity contribution in [3.05, 3.63) is 29.3 Å². The molecule has 0 unspecified atom stereocenters. The minimum absolute atomic E-state index is 0.220. The predicted molar refractivity (Wildman–Crippen MR) is 72.1 cm³/mol. The molecular weight excluding hydrogens is 248 g/mol. The molecule has 0 amide bonds. The van der Waals surface area contributed by atoms with Crippen LogP contribution in [0.5, 0.6) is 0 Å². The van der Waals surface area contributed by atoms with Gasteiger partial charge in [0.25, 0.3) is 0 Å². The van der Waals surface area contributed by atoms with Crippen LogP contribution in [0.15, 0.2) is 12.1 Å². The third-order valence-electron chi connectivity index (χ3n) is 2.94. The van der Waals surface area contributed by atoms with Crippen LogP contribution < -0.4 is 4.90 Å². The lowest BCUT2D eigenvalue weighted by atomic mass is 10.1. The molecule has 0 radical (unpaired) electrons. The summed E-state index contributed by atoms with van der Waals surface area (Å²) in [6, 6.07) is 4.43. The van der Waals surface area contributed by atoms with Crippen molar-refractivity contribution in [3.8, 4) is 6.07 Å². The summed E-state index contributed by atoms with van der Waals surface area (Å²) in [6.07, 6.45) is 0.863. The SMILES string of the molecule is CCN(CCCN(C)C)c1ccc(C#N)c(F)c1F. The van der Waals surface area contributed by atoms with Crippen LogP contribution in [0.2, 0.25) is 0 Å². The standard InChI is InChI=1S/C14H19F2N3/c1-4-19(9-5-8-18(2)3)12-7-6-11(10-17)13(15)14(12)16/h6-7H,4-5,8-9H2,1-3H3. The topological polar surface area (TPSA) is 30.3 Å². The van der Waals surface area contributed by atoms with Crippen LogP contribution in [0.25, 0.3) is 0 Å². The van der Waals surface area contributed by atoms with Crippen LogP contribution in [0.4, 0.5) is 14.5 Å². The van der Waals surface area contributed by atoms with Crippen LogP contribution in [0, 0.1) is 23.0 Å². The molecule has 1 rings (SSSR count). The number of hydrogen-bond donors (Lipinski definition) is 0. The fourth-order valence-electron chi connectivity index (χ4n) is 1.90. The molecule has 104 valence electrons. The van der Waals surface area contributed by atoms with Crippen molar-refractivity contribution in [3.63, 3.8) is 0 Å². The van der Waals surface area contributed by atoms with Gasteiger partial charge in [0.15, 0.2) is 11.6 Å². The van der Waals surface area contributed by atoms with E-state index in [0.717, 1.165) is 13.0 Å². The highest BCUT2D eigenvalue weighted by molar-refractivity contribution is 5.51. The lowest BCUT2D eigenvalue weighted by molar-refractivity contribution is 0.400. The predicted octanol–water partition coefficient (Wildman–Crippen LogP) is 2.61. The van der Waals surface area contributed by atoms with Gasteiger partial charge in [0.2, 0.25) is 0 Å². The van der Waals surface area contributed by atoms with Crippen molar-refractivity contribution < 1.29 is 8.78 Å². The Kier molecular flexibility index (Phi) is 5.71. The van der Waals surface area contributed by atoms with Crippen molar-refractivity contribution in [1.29, 1.82) is 5.26 Å². The zero-order valence-electron chi connectivity index (χ0n) is 11.6. The van der Waals surface area contributed by atoms with Crippen LogP contribution in [-0.2, 0) is 0 Å². The third-order valence-corrected chi connectivity index (χ3v) is 2.94. The minimum atomic E-state index is -1.06. The number of nitriles is 1. The van der Waals surface area contributed by atoms with Crippen LogP contribution >= 0.6 is 0 Å². The van der Waals surface area contributed by atoms with Crippen LogP contribution in [0.1, 0.15) is 18.9 Å². The first-order valence-corrected chi connectivity index (χ1v) is 6.29. The Balaban J connectivity index is 2.87. The molecule has 0 saturated heterocycles. The zero-order chi connectivity index (χ0) is 14.4. The smallest absolute Gasteiger partial charge is 0.183 e. The van der Waals surface area contributed by atoms with Crippen molar-refractivity contribution in [2.45, 2.75) is 13.3 Å². The molecule has 0 N–H and O–H groups in total. The second kappa shape index (κ2) is 7.05. The van der Waals surface area contributed by atoms with Crippen molar-refractivity contribution in [2.75, 3.05) is 38.6 Å². The van der Waals surface area contributed by atoms with E-state index in [1.54, 1.807) is 11.0 Å². The average molecular weight is 267 g/mol. The summed E-state index contributed by atoms with van der Waals surface area (Å²) in [5.41, 5.74) is -0.0386. The summed E-state index contributed by atoms with van der Waals surface area (Å²) >= 11 is 0. The number of rotatable bonds is 6. The van der Waals surface area contributed by atoms with Gasteiger partial charge in [-0.1, -0.05) is 0 Å². The number of hydrogen-bond acceptors (Lipinski definition) is 3. The zero-order valence-corrected chi connectivity index (χ0v) is 11.6. The van der Waals surface area contributed by atoms with Crippen molar-refractivity contribution in [1.82, 2.24) is 4.90 Å². The Hall–Kier alpha value is -1.67. The highest BCUT2D eigenvalue weighted by atomic mass is 19.2. The summed E-state index contributed by atoms with van der Waals surface area (Å²) < 4.78 is 27.5. The van der Waals surface area contributed by atoms with Gasteiger partial charge in [0.1, 0.15) is 6.07 Å². The summed E-state index contributed by atoms with van der Waals surface area (Å²) in [5, 5.41) is 8.66. The van der Waals surface area contributed by atoms with Gasteiger partial charge in [-0.2, -0.15) is 5.26 Å². The summed E-state index contributed by atoms with van der Waals surface area (Å²) in [7, 11) is 3.94. The molecule has 19 heavy (non-hydrogen) atoms. The van der Waals surface area contributed by atoms with Gasteiger partial charge in [0.05, 0.1) is 11.3 Å². The van der Waals surface area contributed by atoms with E-state index in [0.29, 0.717) is 13.1 Å². The molecule has 1 aromatic carbocycles. The Labute approximate surface area is 113 Å². The molecule has 0 aromatic heterocycles. The van der Waals surface area contributed by atoms with Gasteiger partial charge >= 0.3 is 0 Å². The van der Waals surface area contributed by atoms with E-state index in [1.807, 2.05) is 25.9 Å². The number of halogens is 2. The largest absolute Gasteiger partial charge is 0.369 e. The first-order chi connectivity index (χ1) is 9.01. The van der Waals surface area contributed by atoms with E-state index in [9.17, 15) is 8.78 Å². The van der Waals surface area contributed by atoms with Crippen LogP contribution in [-0.4, -0.2) is 38.6 Å². The van der Waals surface area contributed by atoms with E-state index in [-0.39, 0.29) is 11.3 Å². The van der Waals surface area contributed by atoms with E-state index in [4.69, 9.17) is 5.26 Å².